The summed E-state index contributed by atoms with van der Waals surface area (Å²) >= 11 is 0. The van der Waals surface area contributed by atoms with Crippen LogP contribution in [0.2, 0.25) is 0 Å². The van der Waals surface area contributed by atoms with Gasteiger partial charge in [-0.25, -0.2) is 27.5 Å². The molecule has 0 atom stereocenters. The van der Waals surface area contributed by atoms with Gasteiger partial charge in [0, 0.05) is 109 Å². The first-order valence-electron chi connectivity index (χ1n) is 49.7. The second-order valence-corrected chi connectivity index (χ2v) is 37.9. The van der Waals surface area contributed by atoms with E-state index in [1.165, 1.54) is 142 Å². The molecule has 0 aliphatic heterocycles. The quantitative estimate of drug-likeness (QED) is 0.0570. The molecule has 0 amide bonds. The van der Waals surface area contributed by atoms with Gasteiger partial charge in [0.1, 0.15) is 17.5 Å². The standard InChI is InChI=1S/C46H30FN3.C45H26F3N3.C43H27N5/c1-29-9-5-7-13-40(29)49(41-14-8-6-12-39(41)47)34-20-15-30(16-21-34)35-22-17-31-18-24-38-45-32(19-23-36(35)44(31)45)27-42-46(38)37-25-26-48-28-43(37)50(42)33-10-3-2-4-11-33;46-37-21-22-38(45(48)44(37)47)50(30-7-3-1-4-8-30)32-16-11-27(12-17-32)33-18-13-28-14-20-36-42-29(15-19-34(33)41(28)42)25-39-43(36)35-23-24-49-26-40(35)51(39)31-9-5-2-6-10-31;1-2-8-31(9-3-1)47-37-26-30-16-20-34-33(19-14-29-15-21-36(42(30)41(29)34)43(37)35-22-25-44-27-38(35)47)28-12-17-32(18-13-28)48(39-10-4-6-23-45-39)40-11-5-7-24-46-40/h2-28H,1H3;1-26H;1-27H. The highest BCUT2D eigenvalue weighted by molar-refractivity contribution is 6.38. The van der Waals surface area contributed by atoms with Crippen molar-refractivity contribution in [1.82, 2.24) is 38.6 Å². The SMILES string of the molecule is Cc1ccccc1N(c1ccc(-c2ccc3ccc4c5c(ccc2c35)cc2c4c3ccncc3n2-c2ccccc2)cc1)c1ccccc1F.Fc1ccc(N(c2ccccc2)c2ccc(-c3ccc4ccc5c6c(ccc3c46)cc3c5c4ccncc4n3-c3ccccc3)cc2)c(F)c1F.c1ccc(-n2c3cnccc3c3c4ccc5ccc(-c6ccc(N(c7ccccn7)c7ccccn7)cc6)c6ccc(cc32)c4c56)cc1. The molecular weight excluding hydrogens is 1840 g/mol. The van der Waals surface area contributed by atoms with E-state index in [4.69, 9.17) is 0 Å². The molecule has 8 aromatic heterocycles. The van der Waals surface area contributed by atoms with Gasteiger partial charge < -0.3 is 23.5 Å². The zero-order valence-corrected chi connectivity index (χ0v) is 80.1. The molecule has 0 unspecified atom stereocenters. The molecule has 30 aromatic rings. The minimum absolute atomic E-state index is 0.0775. The van der Waals surface area contributed by atoms with Crippen LogP contribution in [0.3, 0.4) is 0 Å². The minimum Gasteiger partial charge on any atom is -0.308 e. The summed E-state index contributed by atoms with van der Waals surface area (Å²) in [6.07, 6.45) is 15.2. The highest BCUT2D eigenvalue weighted by Gasteiger charge is 2.29. The molecule has 149 heavy (non-hydrogen) atoms. The van der Waals surface area contributed by atoms with Crippen molar-refractivity contribution in [2.24, 2.45) is 0 Å². The summed E-state index contributed by atoms with van der Waals surface area (Å²) in [7, 11) is 0. The lowest BCUT2D eigenvalue weighted by molar-refractivity contribution is 0.448. The Bertz CT molecular complexity index is 10400. The molecule has 0 radical (unpaired) electrons. The lowest BCUT2D eigenvalue weighted by atomic mass is 9.88. The van der Waals surface area contributed by atoms with Crippen LogP contribution in [0.4, 0.5) is 69.0 Å². The number of nitrogens with zero attached hydrogens (tertiary/aromatic N) is 11. The number of hydrogen-bond acceptors (Lipinski definition) is 8. The fraction of sp³-hybridized carbons (Fsp3) is 0.00746. The van der Waals surface area contributed by atoms with Crippen LogP contribution in [-0.2, 0) is 0 Å². The molecule has 0 saturated heterocycles. The largest absolute Gasteiger partial charge is 0.308 e. The van der Waals surface area contributed by atoms with E-state index in [1.807, 2.05) is 170 Å². The molecule has 22 aromatic carbocycles. The molecule has 30 rings (SSSR count). The summed E-state index contributed by atoms with van der Waals surface area (Å²) in [5.74, 6) is -2.59. The Labute approximate surface area is 851 Å². The zero-order chi connectivity index (χ0) is 99.2. The van der Waals surface area contributed by atoms with Crippen molar-refractivity contribution in [3.63, 3.8) is 0 Å². The molecule has 11 nitrogen and oxygen atoms in total. The molecule has 15 heteroatoms. The van der Waals surface area contributed by atoms with Gasteiger partial charge >= 0.3 is 0 Å². The van der Waals surface area contributed by atoms with Crippen molar-refractivity contribution in [2.45, 2.75) is 6.92 Å². The molecule has 0 aliphatic carbocycles. The molecule has 0 spiro atoms. The molecule has 0 aliphatic rings. The Kier molecular flexibility index (Phi) is 20.7. The molecule has 8 heterocycles. The van der Waals surface area contributed by atoms with Crippen LogP contribution in [0.25, 0.3) is 213 Å². The first kappa shape index (κ1) is 87.1. The maximum atomic E-state index is 15.3. The molecule has 0 fully saturated rings. The van der Waals surface area contributed by atoms with Gasteiger partial charge in [-0.3, -0.25) is 19.9 Å². The van der Waals surface area contributed by atoms with Gasteiger partial charge in [0.25, 0.3) is 0 Å². The number of rotatable bonds is 15. The highest BCUT2D eigenvalue weighted by Crippen LogP contribution is 2.52. The van der Waals surface area contributed by atoms with Crippen molar-refractivity contribution < 1.29 is 17.6 Å². The number of halogens is 4. The lowest BCUT2D eigenvalue weighted by Gasteiger charge is -2.27. The van der Waals surface area contributed by atoms with Crippen LogP contribution in [0.15, 0.2) is 486 Å². The third-order valence-corrected chi connectivity index (χ3v) is 29.8. The van der Waals surface area contributed by atoms with Gasteiger partial charge in [-0.1, -0.05) is 261 Å². The summed E-state index contributed by atoms with van der Waals surface area (Å²) in [6.45, 7) is 2.06. The number of fused-ring (bicyclic) bond motifs is 12. The number of aryl methyl sites for hydroxylation is 1. The van der Waals surface area contributed by atoms with Gasteiger partial charge in [0.2, 0.25) is 0 Å². The zero-order valence-electron chi connectivity index (χ0n) is 80.1. The number of anilines is 9. The topological polar surface area (TPSA) is 89.0 Å². The Morgan fingerprint density at radius 1 is 0.208 bits per heavy atom. The molecule has 702 valence electrons. The number of aromatic nitrogens is 8. The average Bonchev–Trinajstić information content (AvgIpc) is 1.40. The number of pyridine rings is 5. The van der Waals surface area contributed by atoms with Crippen molar-refractivity contribution in [3.05, 3.63) is 515 Å². The van der Waals surface area contributed by atoms with Gasteiger partial charge in [0.05, 0.1) is 63.1 Å². The van der Waals surface area contributed by atoms with Crippen LogP contribution in [0, 0.1) is 30.2 Å². The molecule has 0 bridgehead atoms. The fourth-order valence-electron chi connectivity index (χ4n) is 23.3. The fourth-order valence-corrected chi connectivity index (χ4v) is 23.3. The number of hydrogen-bond donors (Lipinski definition) is 0. The number of benzene rings is 22. The van der Waals surface area contributed by atoms with Crippen LogP contribution in [0.1, 0.15) is 5.56 Å². The molecule has 0 N–H and O–H groups in total. The van der Waals surface area contributed by atoms with Gasteiger partial charge in [-0.2, -0.15) is 0 Å². The Balaban J connectivity index is 0.000000108. The third-order valence-electron chi connectivity index (χ3n) is 29.8. The van der Waals surface area contributed by atoms with Crippen molar-refractivity contribution in [1.29, 1.82) is 0 Å². The van der Waals surface area contributed by atoms with Gasteiger partial charge in [0.15, 0.2) is 17.5 Å². The van der Waals surface area contributed by atoms with E-state index in [9.17, 15) is 8.78 Å². The Morgan fingerprint density at radius 3 is 0.926 bits per heavy atom. The molecule has 0 saturated carbocycles. The lowest BCUT2D eigenvalue weighted by Crippen LogP contribution is -2.13. The first-order valence-corrected chi connectivity index (χ1v) is 49.7. The predicted molar refractivity (Wildman–Crippen MR) is 607 cm³/mol. The Morgan fingerprint density at radius 2 is 0.537 bits per heavy atom. The van der Waals surface area contributed by atoms with Crippen molar-refractivity contribution in [2.75, 3.05) is 14.7 Å². The average molecular weight is 1920 g/mol. The van der Waals surface area contributed by atoms with E-state index in [0.29, 0.717) is 17.1 Å². The van der Waals surface area contributed by atoms with E-state index in [-0.39, 0.29) is 11.5 Å². The summed E-state index contributed by atoms with van der Waals surface area (Å²) < 4.78 is 65.8. The first-order chi connectivity index (χ1) is 73.5. The summed E-state index contributed by atoms with van der Waals surface area (Å²) in [6, 6.07) is 149. The van der Waals surface area contributed by atoms with Crippen molar-refractivity contribution in [3.8, 4) is 50.4 Å². The van der Waals surface area contributed by atoms with E-state index in [0.717, 1.165) is 123 Å². The van der Waals surface area contributed by atoms with E-state index in [1.54, 1.807) is 23.1 Å². The highest BCUT2D eigenvalue weighted by atomic mass is 19.2. The maximum absolute atomic E-state index is 15.3. The number of para-hydroxylation sites is 6. The predicted octanol–water partition coefficient (Wildman–Crippen LogP) is 36.3. The van der Waals surface area contributed by atoms with Crippen LogP contribution < -0.4 is 14.7 Å². The third kappa shape index (κ3) is 14.2. The van der Waals surface area contributed by atoms with Crippen LogP contribution >= 0.6 is 0 Å². The smallest absolute Gasteiger partial charge is 0.196 e. The summed E-state index contributed by atoms with van der Waals surface area (Å²) in [5.41, 5.74) is 22.4. The van der Waals surface area contributed by atoms with Gasteiger partial charge in [-0.15, -0.1) is 0 Å². The molecular formula is C134H83F4N11. The normalized spacial score (nSPS) is 11.8. The van der Waals surface area contributed by atoms with Crippen molar-refractivity contribution >= 4 is 214 Å². The Hall–Kier alpha value is -19.8. The van der Waals surface area contributed by atoms with E-state index in [2.05, 4.69) is 336 Å². The summed E-state index contributed by atoms with van der Waals surface area (Å²) in [4.78, 5) is 28.5. The van der Waals surface area contributed by atoms with Crippen LogP contribution in [-0.4, -0.2) is 38.6 Å². The van der Waals surface area contributed by atoms with E-state index >= 15 is 8.78 Å². The van der Waals surface area contributed by atoms with Crippen LogP contribution in [0.5, 0.6) is 0 Å². The second-order valence-electron chi connectivity index (χ2n) is 37.9. The maximum Gasteiger partial charge on any atom is 0.196 e. The van der Waals surface area contributed by atoms with E-state index < -0.39 is 17.5 Å². The summed E-state index contributed by atoms with van der Waals surface area (Å²) in [5, 5.41) is 29.3. The monoisotopic (exact) mass is 1920 g/mol. The minimum atomic E-state index is -1.50. The second kappa shape index (κ2) is 35.4. The van der Waals surface area contributed by atoms with Gasteiger partial charge in [-0.05, 0) is 319 Å².